The monoisotopic (exact) mass is 297 g/mol. The zero-order chi connectivity index (χ0) is 15.3. The van der Waals surface area contributed by atoms with Crippen molar-refractivity contribution in [3.05, 3.63) is 34.9 Å². The Morgan fingerprint density at radius 3 is 2.55 bits per heavy atom. The molecule has 1 aromatic rings. The molecule has 0 bridgehead atoms. The van der Waals surface area contributed by atoms with E-state index in [4.69, 9.17) is 21.4 Å². The zero-order valence-corrected chi connectivity index (χ0v) is 12.2. The van der Waals surface area contributed by atoms with Crippen LogP contribution in [0.5, 0.6) is 0 Å². The number of nitrogens with one attached hydrogen (secondary N) is 1. The van der Waals surface area contributed by atoms with Crippen LogP contribution in [0.3, 0.4) is 0 Å². The Bertz CT molecular complexity index is 547. The molecule has 0 aliphatic rings. The van der Waals surface area contributed by atoms with E-state index < -0.39 is 17.7 Å². The van der Waals surface area contributed by atoms with Gasteiger partial charge >= 0.3 is 12.1 Å². The number of halogens is 1. The number of rotatable bonds is 3. The van der Waals surface area contributed by atoms with Crippen molar-refractivity contribution in [2.24, 2.45) is 0 Å². The molecule has 0 aliphatic carbocycles. The van der Waals surface area contributed by atoms with Crippen molar-refractivity contribution in [3.63, 3.8) is 0 Å². The van der Waals surface area contributed by atoms with Gasteiger partial charge in [0.15, 0.2) is 0 Å². The van der Waals surface area contributed by atoms with E-state index in [9.17, 15) is 9.59 Å². The zero-order valence-electron chi connectivity index (χ0n) is 11.4. The highest BCUT2D eigenvalue weighted by molar-refractivity contribution is 6.33. The summed E-state index contributed by atoms with van der Waals surface area (Å²) in [5, 5.41) is 11.4. The van der Waals surface area contributed by atoms with Crippen LogP contribution in [-0.4, -0.2) is 22.8 Å². The fraction of sp³-hybridized carbons (Fsp3) is 0.286. The number of aliphatic carboxylic acids is 1. The summed E-state index contributed by atoms with van der Waals surface area (Å²) in [5.74, 6) is -1.05. The number of carboxylic acids is 1. The van der Waals surface area contributed by atoms with Crippen LogP contribution < -0.4 is 5.32 Å². The summed E-state index contributed by atoms with van der Waals surface area (Å²) in [7, 11) is 0. The van der Waals surface area contributed by atoms with Crippen molar-refractivity contribution >= 4 is 35.4 Å². The first-order valence-corrected chi connectivity index (χ1v) is 6.26. The van der Waals surface area contributed by atoms with E-state index in [2.05, 4.69) is 5.32 Å². The molecule has 0 spiro atoms. The molecule has 20 heavy (non-hydrogen) atoms. The predicted molar refractivity (Wildman–Crippen MR) is 78.0 cm³/mol. The second kappa shape index (κ2) is 6.43. The lowest BCUT2D eigenvalue weighted by molar-refractivity contribution is -0.131. The molecule has 0 heterocycles. The molecule has 108 valence electrons. The minimum absolute atomic E-state index is 0.336. The number of hydrogen-bond acceptors (Lipinski definition) is 3. The van der Waals surface area contributed by atoms with Gasteiger partial charge in [0, 0.05) is 6.08 Å². The van der Waals surface area contributed by atoms with E-state index in [1.807, 2.05) is 0 Å². The number of amides is 1. The van der Waals surface area contributed by atoms with Crippen molar-refractivity contribution in [3.8, 4) is 0 Å². The summed E-state index contributed by atoms with van der Waals surface area (Å²) in [6.07, 6.45) is 1.78. The molecule has 6 heteroatoms. The lowest BCUT2D eigenvalue weighted by atomic mass is 10.2. The van der Waals surface area contributed by atoms with Crippen LogP contribution in [0, 0.1) is 0 Å². The van der Waals surface area contributed by atoms with Gasteiger partial charge in [0.05, 0.1) is 10.7 Å². The minimum Gasteiger partial charge on any atom is -0.478 e. The van der Waals surface area contributed by atoms with Gasteiger partial charge in [-0.25, -0.2) is 9.59 Å². The number of hydrogen-bond donors (Lipinski definition) is 2. The second-order valence-corrected chi connectivity index (χ2v) is 5.44. The maximum atomic E-state index is 11.7. The topological polar surface area (TPSA) is 75.6 Å². The molecule has 0 aliphatic heterocycles. The summed E-state index contributed by atoms with van der Waals surface area (Å²) >= 11 is 5.96. The molecule has 2 N–H and O–H groups in total. The first-order chi connectivity index (χ1) is 9.17. The molecule has 1 rings (SSSR count). The van der Waals surface area contributed by atoms with E-state index in [0.29, 0.717) is 16.3 Å². The van der Waals surface area contributed by atoms with Crippen molar-refractivity contribution < 1.29 is 19.4 Å². The molecule has 5 nitrogen and oxygen atoms in total. The van der Waals surface area contributed by atoms with Crippen molar-refractivity contribution in [2.75, 3.05) is 5.32 Å². The summed E-state index contributed by atoms with van der Waals surface area (Å²) in [4.78, 5) is 22.1. The molecule has 0 unspecified atom stereocenters. The lowest BCUT2D eigenvalue weighted by Crippen LogP contribution is -2.27. The first kappa shape index (κ1) is 16.0. The van der Waals surface area contributed by atoms with Gasteiger partial charge in [-0.1, -0.05) is 17.7 Å². The van der Waals surface area contributed by atoms with E-state index in [1.165, 1.54) is 6.08 Å². The molecular weight excluding hydrogens is 282 g/mol. The molecular formula is C14H16ClNO4. The van der Waals surface area contributed by atoms with E-state index in [0.717, 1.165) is 6.08 Å². The third-order valence-corrected chi connectivity index (χ3v) is 2.37. The Balaban J connectivity index is 2.87. The van der Waals surface area contributed by atoms with Crippen molar-refractivity contribution in [1.82, 2.24) is 0 Å². The van der Waals surface area contributed by atoms with Gasteiger partial charge in [-0.3, -0.25) is 5.32 Å². The quantitative estimate of drug-likeness (QED) is 0.832. The van der Waals surface area contributed by atoms with Crippen LogP contribution in [0.25, 0.3) is 6.08 Å². The average Bonchev–Trinajstić information content (AvgIpc) is 2.27. The maximum Gasteiger partial charge on any atom is 0.412 e. The van der Waals surface area contributed by atoms with Gasteiger partial charge < -0.3 is 9.84 Å². The molecule has 1 amide bonds. The minimum atomic E-state index is -1.05. The molecule has 1 aromatic carbocycles. The molecule has 0 aromatic heterocycles. The number of carbonyl (C=O) groups is 2. The number of anilines is 1. The average molecular weight is 298 g/mol. The van der Waals surface area contributed by atoms with Crippen LogP contribution in [0.1, 0.15) is 26.3 Å². The first-order valence-electron chi connectivity index (χ1n) is 5.88. The molecule has 0 saturated heterocycles. The van der Waals surface area contributed by atoms with Crippen LogP contribution in [0.15, 0.2) is 24.3 Å². The van der Waals surface area contributed by atoms with E-state index in [1.54, 1.807) is 39.0 Å². The van der Waals surface area contributed by atoms with Gasteiger partial charge in [-0.05, 0) is 44.5 Å². The smallest absolute Gasteiger partial charge is 0.412 e. The Morgan fingerprint density at radius 2 is 2.00 bits per heavy atom. The highest BCUT2D eigenvalue weighted by Crippen LogP contribution is 2.24. The largest absolute Gasteiger partial charge is 0.478 e. The molecule has 0 radical (unpaired) electrons. The highest BCUT2D eigenvalue weighted by atomic mass is 35.5. The Hall–Kier alpha value is -2.01. The molecule has 0 atom stereocenters. The predicted octanol–water partition coefficient (Wildman–Crippen LogP) is 3.78. The van der Waals surface area contributed by atoms with Gasteiger partial charge in [0.1, 0.15) is 5.60 Å². The van der Waals surface area contributed by atoms with Crippen LogP contribution >= 0.6 is 11.6 Å². The van der Waals surface area contributed by atoms with Crippen molar-refractivity contribution in [1.29, 1.82) is 0 Å². The van der Waals surface area contributed by atoms with E-state index >= 15 is 0 Å². The molecule has 0 fully saturated rings. The van der Waals surface area contributed by atoms with Gasteiger partial charge in [-0.15, -0.1) is 0 Å². The Morgan fingerprint density at radius 1 is 1.35 bits per heavy atom. The normalized spacial score (nSPS) is 11.4. The third kappa shape index (κ3) is 5.75. The lowest BCUT2D eigenvalue weighted by Gasteiger charge is -2.20. The fourth-order valence-electron chi connectivity index (χ4n) is 1.32. The Labute approximate surface area is 122 Å². The van der Waals surface area contributed by atoms with Crippen LogP contribution in [0.2, 0.25) is 5.02 Å². The van der Waals surface area contributed by atoms with E-state index in [-0.39, 0.29) is 0 Å². The second-order valence-electron chi connectivity index (χ2n) is 5.04. The van der Waals surface area contributed by atoms with Crippen LogP contribution in [0.4, 0.5) is 10.5 Å². The number of carboxylic acid groups (broad SMARTS) is 1. The summed E-state index contributed by atoms with van der Waals surface area (Å²) < 4.78 is 5.11. The van der Waals surface area contributed by atoms with Gasteiger partial charge in [0.25, 0.3) is 0 Å². The highest BCUT2D eigenvalue weighted by Gasteiger charge is 2.17. The molecule has 0 saturated carbocycles. The number of benzene rings is 1. The summed E-state index contributed by atoms with van der Waals surface area (Å²) in [6, 6.07) is 4.77. The van der Waals surface area contributed by atoms with Crippen LogP contribution in [-0.2, 0) is 9.53 Å². The van der Waals surface area contributed by atoms with Gasteiger partial charge in [0.2, 0.25) is 0 Å². The fourth-order valence-corrected chi connectivity index (χ4v) is 1.49. The summed E-state index contributed by atoms with van der Waals surface area (Å²) in [5.41, 5.74) is 0.341. The number of ether oxygens (including phenoxy) is 1. The maximum absolute atomic E-state index is 11.7. The SMILES string of the molecule is CC(C)(C)OC(=O)Nc1cc(C=CC(=O)O)ccc1Cl. The Kier molecular flexibility index (Phi) is 5.16. The van der Waals surface area contributed by atoms with Gasteiger partial charge in [-0.2, -0.15) is 0 Å². The summed E-state index contributed by atoms with van der Waals surface area (Å²) in [6.45, 7) is 5.25. The standard InChI is InChI=1S/C14H16ClNO4/c1-14(2,3)20-13(19)16-11-8-9(4-6-10(11)15)5-7-12(17)18/h4-8H,1-3H3,(H,16,19)(H,17,18). The number of carbonyl (C=O) groups excluding carboxylic acids is 1. The third-order valence-electron chi connectivity index (χ3n) is 2.04. The van der Waals surface area contributed by atoms with Crippen molar-refractivity contribution in [2.45, 2.75) is 26.4 Å².